The molecule has 1 aliphatic rings. The number of aromatic nitrogens is 3. The summed E-state index contributed by atoms with van der Waals surface area (Å²) in [5.41, 5.74) is -1.44. The minimum absolute atomic E-state index is 0.106. The van der Waals surface area contributed by atoms with Gasteiger partial charge in [0.1, 0.15) is 5.69 Å². The first-order valence-electron chi connectivity index (χ1n) is 10.5. The maximum Gasteiger partial charge on any atom is 0.417 e. The number of carboxylic acid groups (broad SMARTS) is 1. The number of pyridine rings is 1. The van der Waals surface area contributed by atoms with Crippen LogP contribution in [0.4, 0.5) is 23.5 Å². The molecule has 1 aromatic carbocycles. The number of halogens is 4. The van der Waals surface area contributed by atoms with Gasteiger partial charge in [-0.15, -0.1) is 0 Å². The Hall–Kier alpha value is -3.76. The van der Waals surface area contributed by atoms with Gasteiger partial charge in [0.25, 0.3) is 5.56 Å². The molecule has 2 N–H and O–H groups in total. The highest BCUT2D eigenvalue weighted by Gasteiger charge is 2.31. The van der Waals surface area contributed by atoms with E-state index in [0.717, 1.165) is 23.3 Å². The Kier molecular flexibility index (Phi) is 6.36. The van der Waals surface area contributed by atoms with Gasteiger partial charge >= 0.3 is 12.1 Å². The summed E-state index contributed by atoms with van der Waals surface area (Å²) in [7, 11) is 0. The molecule has 0 bridgehead atoms. The van der Waals surface area contributed by atoms with Gasteiger partial charge in [0.05, 0.1) is 17.7 Å². The monoisotopic (exact) mass is 476 g/mol. The predicted molar refractivity (Wildman–Crippen MR) is 115 cm³/mol. The van der Waals surface area contributed by atoms with Crippen molar-refractivity contribution in [1.29, 1.82) is 0 Å². The van der Waals surface area contributed by atoms with Crippen molar-refractivity contribution in [1.82, 2.24) is 14.5 Å². The fourth-order valence-corrected chi connectivity index (χ4v) is 4.03. The van der Waals surface area contributed by atoms with E-state index in [9.17, 15) is 32.3 Å². The number of rotatable bonds is 5. The first-order valence-corrected chi connectivity index (χ1v) is 10.5. The average molecular weight is 476 g/mol. The van der Waals surface area contributed by atoms with Crippen LogP contribution in [0.1, 0.15) is 31.2 Å². The standard InChI is InChI=1S/C23H20F4N4O3/c24-18-11-28-22(29-16-5-1-4-14(9-16)21(33)34)30-20(18)13-3-2-6-17(10-13)31-12-15(23(25,26)27)7-8-19(31)32/h2-3,6-8,10-12,14,16H,1,4-5,9H2,(H,33,34)(H,28,29,30)/t14-,16+/m1/s1. The number of aliphatic carboxylic acids is 1. The van der Waals surface area contributed by atoms with Gasteiger partial charge in [0.15, 0.2) is 5.82 Å². The summed E-state index contributed by atoms with van der Waals surface area (Å²) >= 11 is 0. The maximum atomic E-state index is 14.6. The van der Waals surface area contributed by atoms with Crippen LogP contribution in [-0.4, -0.2) is 31.7 Å². The lowest BCUT2D eigenvalue weighted by Crippen LogP contribution is -2.31. The van der Waals surface area contributed by atoms with Crippen molar-refractivity contribution in [3.63, 3.8) is 0 Å². The molecule has 178 valence electrons. The third-order valence-corrected chi connectivity index (χ3v) is 5.74. The van der Waals surface area contributed by atoms with Gasteiger partial charge in [-0.1, -0.05) is 18.6 Å². The van der Waals surface area contributed by atoms with Crippen molar-refractivity contribution in [2.24, 2.45) is 5.92 Å². The van der Waals surface area contributed by atoms with Gasteiger partial charge < -0.3 is 10.4 Å². The zero-order valence-corrected chi connectivity index (χ0v) is 17.7. The molecule has 1 fully saturated rings. The molecule has 1 aliphatic carbocycles. The molecule has 11 heteroatoms. The summed E-state index contributed by atoms with van der Waals surface area (Å²) < 4.78 is 54.7. The Balaban J connectivity index is 1.64. The van der Waals surface area contributed by atoms with Gasteiger partial charge in [0, 0.05) is 29.6 Å². The average Bonchev–Trinajstić information content (AvgIpc) is 2.80. The smallest absolute Gasteiger partial charge is 0.417 e. The summed E-state index contributed by atoms with van der Waals surface area (Å²) in [5.74, 6) is -2.00. The first-order chi connectivity index (χ1) is 16.1. The highest BCUT2D eigenvalue weighted by atomic mass is 19.4. The molecule has 2 atom stereocenters. The Bertz CT molecular complexity index is 1280. The van der Waals surface area contributed by atoms with E-state index in [1.165, 1.54) is 24.3 Å². The number of nitrogens with one attached hydrogen (secondary N) is 1. The van der Waals surface area contributed by atoms with Crippen molar-refractivity contribution >= 4 is 11.9 Å². The van der Waals surface area contributed by atoms with Crippen molar-refractivity contribution in [3.05, 3.63) is 70.5 Å². The molecular weight excluding hydrogens is 456 g/mol. The molecule has 4 rings (SSSR count). The third kappa shape index (κ3) is 5.08. The van der Waals surface area contributed by atoms with Gasteiger partial charge in [-0.3, -0.25) is 14.2 Å². The number of hydrogen-bond acceptors (Lipinski definition) is 5. The molecule has 7 nitrogen and oxygen atoms in total. The SMILES string of the molecule is O=C(O)[C@@H]1CCC[C@H](Nc2ncc(F)c(-c3cccc(-n4cc(C(F)(F)F)ccc4=O)c3)n2)C1. The van der Waals surface area contributed by atoms with Crippen LogP contribution in [0.25, 0.3) is 16.9 Å². The van der Waals surface area contributed by atoms with E-state index in [0.29, 0.717) is 31.5 Å². The molecule has 0 aliphatic heterocycles. The molecule has 0 unspecified atom stereocenters. The van der Waals surface area contributed by atoms with E-state index < -0.39 is 35.0 Å². The summed E-state index contributed by atoms with van der Waals surface area (Å²) in [6.07, 6.45) is -0.572. The summed E-state index contributed by atoms with van der Waals surface area (Å²) in [6, 6.07) is 7.10. The van der Waals surface area contributed by atoms with Crippen molar-refractivity contribution in [2.45, 2.75) is 37.9 Å². The minimum atomic E-state index is -4.63. The lowest BCUT2D eigenvalue weighted by Gasteiger charge is -2.27. The highest BCUT2D eigenvalue weighted by Crippen LogP contribution is 2.30. The summed E-state index contributed by atoms with van der Waals surface area (Å²) in [4.78, 5) is 31.6. The molecule has 0 amide bonds. The lowest BCUT2D eigenvalue weighted by molar-refractivity contribution is -0.143. The van der Waals surface area contributed by atoms with Gasteiger partial charge in [-0.2, -0.15) is 13.2 Å². The number of alkyl halides is 3. The normalized spacial score (nSPS) is 18.5. The third-order valence-electron chi connectivity index (χ3n) is 5.74. The van der Waals surface area contributed by atoms with Crippen molar-refractivity contribution in [3.8, 4) is 16.9 Å². The van der Waals surface area contributed by atoms with Crippen molar-refractivity contribution < 1.29 is 27.5 Å². The highest BCUT2D eigenvalue weighted by molar-refractivity contribution is 5.70. The number of hydrogen-bond donors (Lipinski definition) is 2. The molecule has 34 heavy (non-hydrogen) atoms. The van der Waals surface area contributed by atoms with Crippen molar-refractivity contribution in [2.75, 3.05) is 5.32 Å². The number of benzene rings is 1. The Morgan fingerprint density at radius 2 is 1.97 bits per heavy atom. The molecule has 0 spiro atoms. The van der Waals surface area contributed by atoms with Gasteiger partial charge in [0.2, 0.25) is 5.95 Å². The molecule has 3 aromatic rings. The first kappa shape index (κ1) is 23.4. The summed E-state index contributed by atoms with van der Waals surface area (Å²) in [6.45, 7) is 0. The minimum Gasteiger partial charge on any atom is -0.481 e. The van der Waals surface area contributed by atoms with Crippen LogP contribution in [0.5, 0.6) is 0 Å². The van der Waals surface area contributed by atoms with Crippen LogP contribution in [-0.2, 0) is 11.0 Å². The molecular formula is C23H20F4N4O3. The number of anilines is 1. The van der Waals surface area contributed by atoms with E-state index >= 15 is 0 Å². The van der Waals surface area contributed by atoms with Crippen LogP contribution in [0.2, 0.25) is 0 Å². The Morgan fingerprint density at radius 3 is 2.71 bits per heavy atom. The number of nitrogens with zero attached hydrogens (tertiary/aromatic N) is 3. The van der Waals surface area contributed by atoms with Gasteiger partial charge in [-0.25, -0.2) is 14.4 Å². The maximum absolute atomic E-state index is 14.6. The van der Waals surface area contributed by atoms with E-state index in [2.05, 4.69) is 15.3 Å². The zero-order valence-electron chi connectivity index (χ0n) is 17.7. The predicted octanol–water partition coefficient (Wildman–Crippen LogP) is 4.51. The second-order valence-electron chi connectivity index (χ2n) is 8.11. The van der Waals surface area contributed by atoms with E-state index in [1.807, 2.05) is 0 Å². The fraction of sp³-hybridized carbons (Fsp3) is 0.304. The molecule has 2 heterocycles. The van der Waals surface area contributed by atoms with Crippen LogP contribution in [0.15, 0.2) is 53.6 Å². The van der Waals surface area contributed by atoms with Crippen LogP contribution >= 0.6 is 0 Å². The Morgan fingerprint density at radius 1 is 1.18 bits per heavy atom. The summed E-state index contributed by atoms with van der Waals surface area (Å²) in [5, 5.41) is 12.3. The largest absolute Gasteiger partial charge is 0.481 e. The number of carbonyl (C=O) groups is 1. The van der Waals surface area contributed by atoms with Gasteiger partial charge in [-0.05, 0) is 37.5 Å². The van der Waals surface area contributed by atoms with E-state index in [1.54, 1.807) is 0 Å². The zero-order chi connectivity index (χ0) is 24.5. The molecule has 2 aromatic heterocycles. The lowest BCUT2D eigenvalue weighted by atomic mass is 9.86. The van der Waals surface area contributed by atoms with Crippen LogP contribution in [0.3, 0.4) is 0 Å². The molecule has 1 saturated carbocycles. The van der Waals surface area contributed by atoms with Crippen LogP contribution in [0, 0.1) is 11.7 Å². The Labute approximate surface area is 191 Å². The van der Waals surface area contributed by atoms with E-state index in [4.69, 9.17) is 0 Å². The van der Waals surface area contributed by atoms with Crippen LogP contribution < -0.4 is 10.9 Å². The molecule has 0 saturated heterocycles. The quantitative estimate of drug-likeness (QED) is 0.526. The fourth-order valence-electron chi connectivity index (χ4n) is 4.03. The second-order valence-corrected chi connectivity index (χ2v) is 8.11. The van der Waals surface area contributed by atoms with E-state index in [-0.39, 0.29) is 28.9 Å². The number of carboxylic acids is 1. The topological polar surface area (TPSA) is 97.1 Å². The molecule has 0 radical (unpaired) electrons. The second kappa shape index (κ2) is 9.24.